The Morgan fingerprint density at radius 3 is 2.65 bits per heavy atom. The number of hydrogen-bond donors (Lipinski definition) is 2. The maximum Gasteiger partial charge on any atom is 0.239 e. The van der Waals surface area contributed by atoms with Gasteiger partial charge in [0, 0.05) is 12.2 Å². The molecule has 3 heteroatoms. The van der Waals surface area contributed by atoms with Crippen molar-refractivity contribution < 1.29 is 4.79 Å². The molecular weight excluding hydrogens is 212 g/mol. The summed E-state index contributed by atoms with van der Waals surface area (Å²) in [5, 5.41) is 6.05. The Morgan fingerprint density at radius 1 is 1.24 bits per heavy atom. The Hall–Kier alpha value is -1.51. The number of carbonyl (C=O) groups excluding carboxylic acids is 1. The molecule has 1 amide bonds. The van der Waals surface area contributed by atoms with Gasteiger partial charge in [0.05, 0.1) is 6.54 Å². The molecule has 0 radical (unpaired) electrons. The van der Waals surface area contributed by atoms with Crippen LogP contribution in [0.2, 0.25) is 0 Å². The summed E-state index contributed by atoms with van der Waals surface area (Å²) in [6.45, 7) is 1.18. The van der Waals surface area contributed by atoms with Crippen LogP contribution >= 0.6 is 0 Å². The molecule has 1 aliphatic rings. The lowest BCUT2D eigenvalue weighted by atomic mass is 9.83. The zero-order valence-corrected chi connectivity index (χ0v) is 10.1. The third-order valence-corrected chi connectivity index (χ3v) is 3.33. The Morgan fingerprint density at radius 2 is 2.00 bits per heavy atom. The SMILES string of the molecule is O=C(CNc1ccccc1)NCCC1CCC1. The molecule has 2 N–H and O–H groups in total. The van der Waals surface area contributed by atoms with E-state index in [1.807, 2.05) is 30.3 Å². The van der Waals surface area contributed by atoms with Gasteiger partial charge < -0.3 is 10.6 Å². The minimum Gasteiger partial charge on any atom is -0.376 e. The Balaban J connectivity index is 1.57. The highest BCUT2D eigenvalue weighted by Gasteiger charge is 2.16. The Kier molecular flexibility index (Phi) is 4.42. The van der Waals surface area contributed by atoms with Crippen LogP contribution in [0.25, 0.3) is 0 Å². The highest BCUT2D eigenvalue weighted by atomic mass is 16.1. The normalized spacial score (nSPS) is 15.1. The van der Waals surface area contributed by atoms with E-state index in [4.69, 9.17) is 0 Å². The van der Waals surface area contributed by atoms with Crippen molar-refractivity contribution in [2.45, 2.75) is 25.7 Å². The lowest BCUT2D eigenvalue weighted by Gasteiger charge is -2.25. The van der Waals surface area contributed by atoms with Gasteiger partial charge in [-0.05, 0) is 24.5 Å². The zero-order chi connectivity index (χ0) is 11.9. The van der Waals surface area contributed by atoms with E-state index in [1.165, 1.54) is 19.3 Å². The molecule has 0 bridgehead atoms. The van der Waals surface area contributed by atoms with Crippen LogP contribution in [0.3, 0.4) is 0 Å². The molecule has 3 nitrogen and oxygen atoms in total. The monoisotopic (exact) mass is 232 g/mol. The van der Waals surface area contributed by atoms with E-state index in [-0.39, 0.29) is 5.91 Å². The third kappa shape index (κ3) is 4.10. The quantitative estimate of drug-likeness (QED) is 0.790. The number of hydrogen-bond acceptors (Lipinski definition) is 2. The third-order valence-electron chi connectivity index (χ3n) is 3.33. The van der Waals surface area contributed by atoms with Gasteiger partial charge in [0.1, 0.15) is 0 Å². The van der Waals surface area contributed by atoms with Crippen molar-refractivity contribution in [3.8, 4) is 0 Å². The van der Waals surface area contributed by atoms with E-state index in [2.05, 4.69) is 10.6 Å². The predicted octanol–water partition coefficient (Wildman–Crippen LogP) is 2.40. The summed E-state index contributed by atoms with van der Waals surface area (Å²) in [4.78, 5) is 11.5. The van der Waals surface area contributed by atoms with Gasteiger partial charge in [0.25, 0.3) is 0 Å². The largest absolute Gasteiger partial charge is 0.376 e. The molecule has 0 heterocycles. The van der Waals surface area contributed by atoms with Crippen LogP contribution in [0.4, 0.5) is 5.69 Å². The summed E-state index contributed by atoms with van der Waals surface area (Å²) < 4.78 is 0. The van der Waals surface area contributed by atoms with E-state index in [0.29, 0.717) is 6.54 Å². The average molecular weight is 232 g/mol. The molecule has 1 aliphatic carbocycles. The lowest BCUT2D eigenvalue weighted by molar-refractivity contribution is -0.119. The van der Waals surface area contributed by atoms with E-state index >= 15 is 0 Å². The second kappa shape index (κ2) is 6.28. The van der Waals surface area contributed by atoms with Crippen LogP contribution in [0.1, 0.15) is 25.7 Å². The standard InChI is InChI=1S/C14H20N2O/c17-14(15-10-9-12-5-4-6-12)11-16-13-7-2-1-3-8-13/h1-3,7-8,12,16H,4-6,9-11H2,(H,15,17). The number of nitrogens with one attached hydrogen (secondary N) is 2. The van der Waals surface area contributed by atoms with Crippen LogP contribution in [-0.2, 0) is 4.79 Å². The maximum absolute atomic E-state index is 11.5. The van der Waals surface area contributed by atoms with Gasteiger partial charge in [-0.25, -0.2) is 0 Å². The minimum atomic E-state index is 0.0770. The Bertz CT molecular complexity index is 346. The number of para-hydroxylation sites is 1. The molecule has 1 saturated carbocycles. The fourth-order valence-electron chi connectivity index (χ4n) is 2.00. The summed E-state index contributed by atoms with van der Waals surface area (Å²) >= 11 is 0. The van der Waals surface area contributed by atoms with Crippen molar-refractivity contribution in [3.05, 3.63) is 30.3 Å². The van der Waals surface area contributed by atoms with E-state index < -0.39 is 0 Å². The van der Waals surface area contributed by atoms with E-state index in [0.717, 1.165) is 24.6 Å². The first-order chi connectivity index (χ1) is 8.34. The first-order valence-corrected chi connectivity index (χ1v) is 6.40. The fraction of sp³-hybridized carbons (Fsp3) is 0.500. The van der Waals surface area contributed by atoms with E-state index in [9.17, 15) is 4.79 Å². The summed E-state index contributed by atoms with van der Waals surface area (Å²) in [6.07, 6.45) is 5.20. The topological polar surface area (TPSA) is 41.1 Å². The highest BCUT2D eigenvalue weighted by molar-refractivity contribution is 5.80. The van der Waals surface area contributed by atoms with Crippen LogP contribution in [0.5, 0.6) is 0 Å². The molecule has 0 spiro atoms. The molecule has 2 rings (SSSR count). The number of carbonyl (C=O) groups is 1. The summed E-state index contributed by atoms with van der Waals surface area (Å²) in [5.41, 5.74) is 0.988. The van der Waals surface area contributed by atoms with Gasteiger partial charge in [-0.15, -0.1) is 0 Å². The molecule has 1 aromatic rings. The zero-order valence-electron chi connectivity index (χ0n) is 10.1. The van der Waals surface area contributed by atoms with Crippen molar-refractivity contribution in [2.75, 3.05) is 18.4 Å². The predicted molar refractivity (Wildman–Crippen MR) is 69.9 cm³/mol. The second-order valence-electron chi connectivity index (χ2n) is 4.66. The summed E-state index contributed by atoms with van der Waals surface area (Å²) in [6, 6.07) is 9.79. The highest BCUT2D eigenvalue weighted by Crippen LogP contribution is 2.28. The molecule has 0 atom stereocenters. The summed E-state index contributed by atoms with van der Waals surface area (Å²) in [7, 11) is 0. The molecule has 17 heavy (non-hydrogen) atoms. The molecule has 0 aromatic heterocycles. The molecule has 1 aromatic carbocycles. The van der Waals surface area contributed by atoms with Crippen molar-refractivity contribution in [3.63, 3.8) is 0 Å². The van der Waals surface area contributed by atoms with Gasteiger partial charge in [0.2, 0.25) is 5.91 Å². The second-order valence-corrected chi connectivity index (χ2v) is 4.66. The average Bonchev–Trinajstić information content (AvgIpc) is 2.31. The van der Waals surface area contributed by atoms with Crippen molar-refractivity contribution in [2.24, 2.45) is 5.92 Å². The van der Waals surface area contributed by atoms with Gasteiger partial charge in [-0.2, -0.15) is 0 Å². The van der Waals surface area contributed by atoms with Gasteiger partial charge >= 0.3 is 0 Å². The molecule has 1 fully saturated rings. The lowest BCUT2D eigenvalue weighted by Crippen LogP contribution is -2.32. The number of anilines is 1. The van der Waals surface area contributed by atoms with Crippen LogP contribution in [0, 0.1) is 5.92 Å². The number of amides is 1. The van der Waals surface area contributed by atoms with E-state index in [1.54, 1.807) is 0 Å². The first kappa shape index (κ1) is 12.0. The first-order valence-electron chi connectivity index (χ1n) is 6.40. The van der Waals surface area contributed by atoms with Gasteiger partial charge in [-0.1, -0.05) is 37.5 Å². The van der Waals surface area contributed by atoms with Crippen LogP contribution < -0.4 is 10.6 Å². The number of benzene rings is 1. The molecule has 92 valence electrons. The van der Waals surface area contributed by atoms with Gasteiger partial charge in [-0.3, -0.25) is 4.79 Å². The molecule has 0 unspecified atom stereocenters. The number of rotatable bonds is 6. The Labute approximate surface area is 103 Å². The van der Waals surface area contributed by atoms with Crippen molar-refractivity contribution in [1.82, 2.24) is 5.32 Å². The van der Waals surface area contributed by atoms with Crippen LogP contribution in [-0.4, -0.2) is 19.0 Å². The smallest absolute Gasteiger partial charge is 0.239 e. The maximum atomic E-state index is 11.5. The van der Waals surface area contributed by atoms with Crippen molar-refractivity contribution >= 4 is 11.6 Å². The summed E-state index contributed by atoms with van der Waals surface area (Å²) in [5.74, 6) is 0.936. The van der Waals surface area contributed by atoms with Gasteiger partial charge in [0.15, 0.2) is 0 Å². The molecule has 0 aliphatic heterocycles. The fourth-order valence-corrected chi connectivity index (χ4v) is 2.00. The van der Waals surface area contributed by atoms with Crippen molar-refractivity contribution in [1.29, 1.82) is 0 Å². The molecule has 0 saturated heterocycles. The van der Waals surface area contributed by atoms with Crippen LogP contribution in [0.15, 0.2) is 30.3 Å². The molecular formula is C14H20N2O. The minimum absolute atomic E-state index is 0.0770.